The van der Waals surface area contributed by atoms with Crippen LogP contribution in [0.3, 0.4) is 0 Å². The van der Waals surface area contributed by atoms with Crippen LogP contribution in [0.2, 0.25) is 0 Å². The van der Waals surface area contributed by atoms with Gasteiger partial charge in [-0.3, -0.25) is 14.4 Å². The Kier molecular flexibility index (Phi) is 69.1. The predicted molar refractivity (Wildman–Crippen MR) is 358 cm³/mol. The van der Waals surface area contributed by atoms with Crippen molar-refractivity contribution in [2.45, 2.75) is 419 Å². The molecule has 0 heterocycles. The van der Waals surface area contributed by atoms with E-state index < -0.39 is 6.10 Å². The minimum atomic E-state index is -0.778. The van der Waals surface area contributed by atoms with Gasteiger partial charge in [0.05, 0.1) is 0 Å². The molecule has 82 heavy (non-hydrogen) atoms. The fourth-order valence-electron chi connectivity index (χ4n) is 11.3. The number of hydrogen-bond acceptors (Lipinski definition) is 6. The molecule has 6 heteroatoms. The summed E-state index contributed by atoms with van der Waals surface area (Å²) in [4.78, 5) is 38.3. The maximum atomic E-state index is 12.9. The average molecular weight is 1150 g/mol. The molecule has 0 fully saturated rings. The number of carbonyl (C=O) groups excluding carboxylic acids is 3. The van der Waals surface area contributed by atoms with Crippen molar-refractivity contribution >= 4 is 17.9 Å². The number of rotatable bonds is 69. The zero-order valence-corrected chi connectivity index (χ0v) is 55.5. The zero-order chi connectivity index (χ0) is 59.2. The third kappa shape index (κ3) is 68.4. The van der Waals surface area contributed by atoms with E-state index in [0.717, 1.165) is 77.0 Å². The van der Waals surface area contributed by atoms with Gasteiger partial charge < -0.3 is 14.2 Å². The van der Waals surface area contributed by atoms with E-state index >= 15 is 0 Å². The standard InChI is InChI=1S/C76H142O6/c1-4-7-10-13-16-19-22-24-26-28-30-31-32-33-34-35-36-37-38-39-40-41-42-43-44-45-46-48-49-51-54-57-60-63-66-69-75(78)81-72-73(71-80-74(77)68-65-62-59-56-53-21-18-15-12-9-6-3)82-76(79)70-67-64-61-58-55-52-50-47-29-27-25-23-20-17-14-11-8-5-2/h15,18,20,23,27,29,73H,4-14,16-17,19,21-22,24-26,28,30-72H2,1-3H3/b18-15-,23-20-,29-27-. The first-order chi connectivity index (χ1) is 40.5. The Morgan fingerprint density at radius 3 is 0.732 bits per heavy atom. The smallest absolute Gasteiger partial charge is 0.306 e. The molecule has 0 N–H and O–H groups in total. The van der Waals surface area contributed by atoms with E-state index in [1.54, 1.807) is 0 Å². The van der Waals surface area contributed by atoms with Crippen LogP contribution in [0.1, 0.15) is 412 Å². The van der Waals surface area contributed by atoms with E-state index in [9.17, 15) is 14.4 Å². The summed E-state index contributed by atoms with van der Waals surface area (Å²) in [6.07, 6.45) is 89.3. The first kappa shape index (κ1) is 79.6. The van der Waals surface area contributed by atoms with Gasteiger partial charge in [-0.1, -0.05) is 359 Å². The van der Waals surface area contributed by atoms with Gasteiger partial charge in [-0.05, 0) is 70.6 Å². The second-order valence-electron chi connectivity index (χ2n) is 25.2. The van der Waals surface area contributed by atoms with Crippen LogP contribution in [-0.2, 0) is 28.6 Å². The van der Waals surface area contributed by atoms with Crippen LogP contribution >= 0.6 is 0 Å². The van der Waals surface area contributed by atoms with Crippen LogP contribution in [0, 0.1) is 0 Å². The summed E-state index contributed by atoms with van der Waals surface area (Å²) in [7, 11) is 0. The van der Waals surface area contributed by atoms with Crippen LogP contribution in [0.25, 0.3) is 0 Å². The fraction of sp³-hybridized carbons (Fsp3) is 0.882. The Morgan fingerprint density at radius 2 is 0.451 bits per heavy atom. The molecule has 1 atom stereocenters. The van der Waals surface area contributed by atoms with Crippen molar-refractivity contribution in [1.82, 2.24) is 0 Å². The topological polar surface area (TPSA) is 78.9 Å². The highest BCUT2D eigenvalue weighted by Crippen LogP contribution is 2.19. The summed E-state index contributed by atoms with van der Waals surface area (Å²) in [5.41, 5.74) is 0. The summed E-state index contributed by atoms with van der Waals surface area (Å²) in [5, 5.41) is 0. The van der Waals surface area contributed by atoms with Crippen molar-refractivity contribution in [3.63, 3.8) is 0 Å². The van der Waals surface area contributed by atoms with Gasteiger partial charge in [0.2, 0.25) is 0 Å². The Labute approximate surface area is 512 Å². The Hall–Kier alpha value is -2.37. The summed E-state index contributed by atoms with van der Waals surface area (Å²) in [6.45, 7) is 6.64. The molecule has 1 unspecified atom stereocenters. The summed E-state index contributed by atoms with van der Waals surface area (Å²) < 4.78 is 16.9. The van der Waals surface area contributed by atoms with E-state index in [0.29, 0.717) is 19.3 Å². The summed E-state index contributed by atoms with van der Waals surface area (Å²) in [6, 6.07) is 0. The second-order valence-corrected chi connectivity index (χ2v) is 25.2. The minimum absolute atomic E-state index is 0.0740. The highest BCUT2D eigenvalue weighted by atomic mass is 16.6. The monoisotopic (exact) mass is 1150 g/mol. The lowest BCUT2D eigenvalue weighted by molar-refractivity contribution is -0.167. The molecule has 0 rings (SSSR count). The van der Waals surface area contributed by atoms with Crippen molar-refractivity contribution in [2.24, 2.45) is 0 Å². The molecule has 0 saturated heterocycles. The number of unbranched alkanes of at least 4 members (excludes halogenated alkanes) is 52. The van der Waals surface area contributed by atoms with Gasteiger partial charge in [-0.25, -0.2) is 0 Å². The van der Waals surface area contributed by atoms with Crippen molar-refractivity contribution < 1.29 is 28.6 Å². The number of carbonyl (C=O) groups is 3. The van der Waals surface area contributed by atoms with Gasteiger partial charge >= 0.3 is 17.9 Å². The lowest BCUT2D eigenvalue weighted by Gasteiger charge is -2.18. The molecule has 0 spiro atoms. The Bertz CT molecular complexity index is 1370. The van der Waals surface area contributed by atoms with Gasteiger partial charge in [0.1, 0.15) is 13.2 Å². The summed E-state index contributed by atoms with van der Waals surface area (Å²) >= 11 is 0. The minimum Gasteiger partial charge on any atom is -0.462 e. The van der Waals surface area contributed by atoms with E-state index in [1.807, 2.05) is 0 Å². The van der Waals surface area contributed by atoms with Crippen LogP contribution in [-0.4, -0.2) is 37.2 Å². The highest BCUT2D eigenvalue weighted by Gasteiger charge is 2.19. The Balaban J connectivity index is 4.03. The average Bonchev–Trinajstić information content (AvgIpc) is 3.47. The van der Waals surface area contributed by atoms with E-state index in [1.165, 1.54) is 295 Å². The maximum Gasteiger partial charge on any atom is 0.306 e. The molecule has 482 valence electrons. The SMILES string of the molecule is CCCC/C=C\CCCCCCCC(=O)OCC(COC(=O)CCCCCCCCCCCCCCCCCCCCCCCCCCCCCCCCCCCCC)OC(=O)CCCCCCCCC/C=C\C/C=C\CCCCCC. The first-order valence-electron chi connectivity index (χ1n) is 37.0. The van der Waals surface area contributed by atoms with Crippen molar-refractivity contribution in [1.29, 1.82) is 0 Å². The molecule has 0 saturated carbocycles. The molecule has 0 aromatic carbocycles. The normalized spacial score (nSPS) is 12.2. The summed E-state index contributed by atoms with van der Waals surface area (Å²) in [5.74, 6) is -0.867. The van der Waals surface area contributed by atoms with Crippen LogP contribution in [0.15, 0.2) is 36.5 Å². The molecule has 0 radical (unpaired) electrons. The van der Waals surface area contributed by atoms with Gasteiger partial charge in [0, 0.05) is 19.3 Å². The second kappa shape index (κ2) is 71.1. The van der Waals surface area contributed by atoms with Crippen molar-refractivity contribution in [3.05, 3.63) is 36.5 Å². The lowest BCUT2D eigenvalue weighted by atomic mass is 10.0. The van der Waals surface area contributed by atoms with Gasteiger partial charge in [-0.2, -0.15) is 0 Å². The van der Waals surface area contributed by atoms with Crippen molar-refractivity contribution in [3.8, 4) is 0 Å². The van der Waals surface area contributed by atoms with Crippen LogP contribution in [0.4, 0.5) is 0 Å². The highest BCUT2D eigenvalue weighted by molar-refractivity contribution is 5.71. The quantitative estimate of drug-likeness (QED) is 0.0261. The van der Waals surface area contributed by atoms with Gasteiger partial charge in [0.25, 0.3) is 0 Å². The molecule has 0 aliphatic carbocycles. The molecular formula is C76H142O6. The first-order valence-corrected chi connectivity index (χ1v) is 37.0. The third-order valence-corrected chi connectivity index (χ3v) is 16.9. The molecule has 0 amide bonds. The molecular weight excluding hydrogens is 1010 g/mol. The van der Waals surface area contributed by atoms with E-state index in [4.69, 9.17) is 14.2 Å². The van der Waals surface area contributed by atoms with Gasteiger partial charge in [-0.15, -0.1) is 0 Å². The van der Waals surface area contributed by atoms with E-state index in [-0.39, 0.29) is 31.1 Å². The predicted octanol–water partition coefficient (Wildman–Crippen LogP) is 25.5. The van der Waals surface area contributed by atoms with Crippen LogP contribution in [0.5, 0.6) is 0 Å². The number of allylic oxidation sites excluding steroid dienone is 6. The van der Waals surface area contributed by atoms with Gasteiger partial charge in [0.15, 0.2) is 6.10 Å². The molecule has 0 aliphatic heterocycles. The van der Waals surface area contributed by atoms with E-state index in [2.05, 4.69) is 57.2 Å². The number of hydrogen-bond donors (Lipinski definition) is 0. The van der Waals surface area contributed by atoms with Crippen molar-refractivity contribution in [2.75, 3.05) is 13.2 Å². The fourth-order valence-corrected chi connectivity index (χ4v) is 11.3. The largest absolute Gasteiger partial charge is 0.462 e. The molecule has 6 nitrogen and oxygen atoms in total. The number of ether oxygens (including phenoxy) is 3. The van der Waals surface area contributed by atoms with Crippen LogP contribution < -0.4 is 0 Å². The third-order valence-electron chi connectivity index (χ3n) is 16.9. The lowest BCUT2D eigenvalue weighted by Crippen LogP contribution is -2.30. The maximum absolute atomic E-state index is 12.9. The zero-order valence-electron chi connectivity index (χ0n) is 55.5. The molecule has 0 bridgehead atoms. The Morgan fingerprint density at radius 1 is 0.244 bits per heavy atom. The molecule has 0 aromatic heterocycles. The molecule has 0 aromatic rings. The number of esters is 3. The molecule has 0 aliphatic rings.